The monoisotopic (exact) mass is 822 g/mol. The Kier molecular flexibility index (Phi) is 37.1. The molecule has 0 radical (unpaired) electrons. The van der Waals surface area contributed by atoms with E-state index < -0.39 is 49.5 Å². The number of carbonyl (C=O) groups excluding carboxylic acids is 1. The Morgan fingerprint density at radius 2 is 1.02 bits per heavy atom. The van der Waals surface area contributed by atoms with Gasteiger partial charge in [0.25, 0.3) is 0 Å². The minimum atomic E-state index is -1.56. The van der Waals surface area contributed by atoms with Crippen LogP contribution in [0.1, 0.15) is 213 Å². The molecule has 0 aromatic rings. The van der Waals surface area contributed by atoms with Gasteiger partial charge in [-0.3, -0.25) is 4.79 Å². The number of hydrogen-bond acceptors (Lipinski definition) is 8. The van der Waals surface area contributed by atoms with Crippen molar-refractivity contribution in [2.75, 3.05) is 13.2 Å². The summed E-state index contributed by atoms with van der Waals surface area (Å²) in [4.78, 5) is 13.0. The topological polar surface area (TPSA) is 149 Å². The standard InChI is InChI=1S/C49H91NO8/c1-3-5-7-9-11-13-15-17-18-19-20-21-22-23-24-25-26-27-29-31-33-35-37-39-45(53)50-42(41-57-49-48(56)47(55)46(54)44(40-51)58-49)43(52)38-36-34-32-30-28-16-14-12-10-8-6-4-2/h15,17,19-20,36,38,42-44,46-49,51-52,54-56H,3-14,16,18,21-35,37,39-41H2,1-2H3,(H,50,53)/b17-15-,20-19-,38-36+. The molecule has 0 spiro atoms. The summed E-state index contributed by atoms with van der Waals surface area (Å²) in [6.07, 6.45) is 41.9. The van der Waals surface area contributed by atoms with Crippen molar-refractivity contribution in [1.82, 2.24) is 5.32 Å². The number of ether oxygens (including phenoxy) is 2. The van der Waals surface area contributed by atoms with Crippen LogP contribution < -0.4 is 5.32 Å². The number of rotatable bonds is 40. The summed E-state index contributed by atoms with van der Waals surface area (Å²) in [6.45, 7) is 3.75. The Balaban J connectivity index is 2.27. The zero-order chi connectivity index (χ0) is 42.3. The summed E-state index contributed by atoms with van der Waals surface area (Å²) in [7, 11) is 0. The van der Waals surface area contributed by atoms with Gasteiger partial charge in [0.05, 0.1) is 25.4 Å². The van der Waals surface area contributed by atoms with Gasteiger partial charge in [-0.1, -0.05) is 192 Å². The van der Waals surface area contributed by atoms with Crippen LogP contribution in [0.15, 0.2) is 36.5 Å². The molecule has 1 fully saturated rings. The molecule has 58 heavy (non-hydrogen) atoms. The van der Waals surface area contributed by atoms with Crippen LogP contribution in [0.5, 0.6) is 0 Å². The average Bonchev–Trinajstić information content (AvgIpc) is 3.22. The second kappa shape index (κ2) is 39.5. The van der Waals surface area contributed by atoms with Crippen LogP contribution in [-0.2, 0) is 14.3 Å². The lowest BCUT2D eigenvalue weighted by Gasteiger charge is -2.40. The first-order valence-corrected chi connectivity index (χ1v) is 24.2. The third kappa shape index (κ3) is 29.6. The molecule has 0 aliphatic carbocycles. The first kappa shape index (κ1) is 54.4. The zero-order valence-corrected chi connectivity index (χ0v) is 37.3. The van der Waals surface area contributed by atoms with Crippen LogP contribution in [-0.4, -0.2) is 87.5 Å². The first-order valence-electron chi connectivity index (χ1n) is 24.2. The highest BCUT2D eigenvalue weighted by Crippen LogP contribution is 2.23. The van der Waals surface area contributed by atoms with Crippen LogP contribution in [0.2, 0.25) is 0 Å². The molecule has 1 rings (SSSR count). The summed E-state index contributed by atoms with van der Waals surface area (Å²) in [5.74, 6) is -0.180. The van der Waals surface area contributed by atoms with Crippen LogP contribution in [0.25, 0.3) is 0 Å². The number of amides is 1. The van der Waals surface area contributed by atoms with E-state index in [1.807, 2.05) is 6.08 Å². The lowest BCUT2D eigenvalue weighted by Crippen LogP contribution is -2.60. The smallest absolute Gasteiger partial charge is 0.220 e. The fraction of sp³-hybridized carbons (Fsp3) is 0.857. The molecule has 0 bridgehead atoms. The third-order valence-corrected chi connectivity index (χ3v) is 11.5. The number of aliphatic hydroxyl groups excluding tert-OH is 5. The Morgan fingerprint density at radius 3 is 1.48 bits per heavy atom. The van der Waals surface area contributed by atoms with Gasteiger partial charge in [-0.15, -0.1) is 0 Å². The summed E-state index contributed by atoms with van der Waals surface area (Å²) in [6, 6.07) is -0.803. The van der Waals surface area contributed by atoms with E-state index in [2.05, 4.69) is 43.5 Å². The number of nitrogens with one attached hydrogen (secondary N) is 1. The molecule has 0 saturated carbocycles. The van der Waals surface area contributed by atoms with Gasteiger partial charge in [-0.05, 0) is 51.4 Å². The van der Waals surface area contributed by atoms with E-state index in [4.69, 9.17) is 9.47 Å². The van der Waals surface area contributed by atoms with Gasteiger partial charge >= 0.3 is 0 Å². The van der Waals surface area contributed by atoms with Crippen molar-refractivity contribution in [2.24, 2.45) is 0 Å². The maximum Gasteiger partial charge on any atom is 0.220 e. The quantitative estimate of drug-likeness (QED) is 0.0264. The van der Waals surface area contributed by atoms with E-state index in [0.717, 1.165) is 44.9 Å². The maximum atomic E-state index is 13.0. The third-order valence-electron chi connectivity index (χ3n) is 11.5. The first-order chi connectivity index (χ1) is 28.3. The number of aliphatic hydroxyl groups is 5. The van der Waals surface area contributed by atoms with E-state index in [1.165, 1.54) is 148 Å². The van der Waals surface area contributed by atoms with Gasteiger partial charge in [0.15, 0.2) is 6.29 Å². The van der Waals surface area contributed by atoms with Crippen LogP contribution >= 0.6 is 0 Å². The lowest BCUT2D eigenvalue weighted by molar-refractivity contribution is -0.302. The van der Waals surface area contributed by atoms with Crippen molar-refractivity contribution in [3.8, 4) is 0 Å². The zero-order valence-electron chi connectivity index (χ0n) is 37.3. The van der Waals surface area contributed by atoms with Crippen LogP contribution in [0.4, 0.5) is 0 Å². The molecule has 1 aliphatic rings. The van der Waals surface area contributed by atoms with Crippen LogP contribution in [0, 0.1) is 0 Å². The highest BCUT2D eigenvalue weighted by atomic mass is 16.7. The van der Waals surface area contributed by atoms with E-state index in [-0.39, 0.29) is 12.5 Å². The number of hydrogen-bond donors (Lipinski definition) is 6. The summed E-state index contributed by atoms with van der Waals surface area (Å²) in [5, 5.41) is 54.2. The molecular formula is C49H91NO8. The lowest BCUT2D eigenvalue weighted by atomic mass is 9.99. The molecule has 1 heterocycles. The van der Waals surface area contributed by atoms with Crippen molar-refractivity contribution < 1.29 is 39.8 Å². The highest BCUT2D eigenvalue weighted by molar-refractivity contribution is 5.76. The molecule has 1 amide bonds. The second-order valence-electron chi connectivity index (χ2n) is 16.9. The summed E-state index contributed by atoms with van der Waals surface area (Å²) in [5.41, 5.74) is 0. The molecule has 0 aromatic heterocycles. The molecular weight excluding hydrogens is 731 g/mol. The van der Waals surface area contributed by atoms with E-state index >= 15 is 0 Å². The minimum absolute atomic E-state index is 0.180. The van der Waals surface area contributed by atoms with Crippen molar-refractivity contribution >= 4 is 5.91 Å². The van der Waals surface area contributed by atoms with Crippen LogP contribution in [0.3, 0.4) is 0 Å². The predicted molar refractivity (Wildman–Crippen MR) is 240 cm³/mol. The molecule has 1 aliphatic heterocycles. The van der Waals surface area contributed by atoms with Gasteiger partial charge in [-0.25, -0.2) is 0 Å². The second-order valence-corrected chi connectivity index (χ2v) is 16.9. The van der Waals surface area contributed by atoms with Gasteiger partial charge in [0.2, 0.25) is 5.91 Å². The van der Waals surface area contributed by atoms with Gasteiger partial charge in [-0.2, -0.15) is 0 Å². The molecule has 9 heteroatoms. The Labute approximate surface area is 355 Å². The van der Waals surface area contributed by atoms with E-state index in [0.29, 0.717) is 6.42 Å². The summed E-state index contributed by atoms with van der Waals surface area (Å²) >= 11 is 0. The Morgan fingerprint density at radius 1 is 0.586 bits per heavy atom. The molecule has 7 unspecified atom stereocenters. The summed E-state index contributed by atoms with van der Waals surface area (Å²) < 4.78 is 11.2. The molecule has 340 valence electrons. The number of carbonyl (C=O) groups is 1. The predicted octanol–water partition coefficient (Wildman–Crippen LogP) is 10.5. The van der Waals surface area contributed by atoms with Crippen molar-refractivity contribution in [3.63, 3.8) is 0 Å². The van der Waals surface area contributed by atoms with E-state index in [1.54, 1.807) is 6.08 Å². The number of unbranched alkanes of at least 4 members (excludes halogenated alkanes) is 26. The van der Waals surface area contributed by atoms with Gasteiger partial charge in [0.1, 0.15) is 24.4 Å². The van der Waals surface area contributed by atoms with E-state index in [9.17, 15) is 30.3 Å². The minimum Gasteiger partial charge on any atom is -0.394 e. The van der Waals surface area contributed by atoms with Gasteiger partial charge < -0.3 is 40.3 Å². The average molecular weight is 822 g/mol. The molecule has 6 N–H and O–H groups in total. The van der Waals surface area contributed by atoms with Gasteiger partial charge in [0, 0.05) is 6.42 Å². The highest BCUT2D eigenvalue weighted by Gasteiger charge is 2.44. The van der Waals surface area contributed by atoms with Crippen molar-refractivity contribution in [1.29, 1.82) is 0 Å². The Hall–Kier alpha value is -1.59. The number of allylic oxidation sites excluding steroid dienone is 5. The molecule has 9 nitrogen and oxygen atoms in total. The molecule has 0 aromatic carbocycles. The van der Waals surface area contributed by atoms with Crippen molar-refractivity contribution in [2.45, 2.75) is 256 Å². The Bertz CT molecular complexity index is 1000. The largest absolute Gasteiger partial charge is 0.394 e. The fourth-order valence-corrected chi connectivity index (χ4v) is 7.54. The fourth-order valence-electron chi connectivity index (χ4n) is 7.54. The molecule has 1 saturated heterocycles. The van der Waals surface area contributed by atoms with Crippen molar-refractivity contribution in [3.05, 3.63) is 36.5 Å². The normalized spacial score (nSPS) is 21.1. The molecule has 7 atom stereocenters. The maximum absolute atomic E-state index is 13.0. The SMILES string of the molecule is CCCCCCC/C=C\C/C=C\CCCCCCCCCCCCCC(=O)NC(COC1OC(CO)C(O)C(O)C1O)C(O)/C=C/CCCCCCCCCCCC.